The minimum absolute atomic E-state index is 0.244. The van der Waals surface area contributed by atoms with Crippen LogP contribution in [-0.4, -0.2) is 63.3 Å². The van der Waals surface area contributed by atoms with Crippen LogP contribution in [0.2, 0.25) is 0 Å². The molecule has 2 aromatic rings. The molecule has 1 aromatic carbocycles. The van der Waals surface area contributed by atoms with E-state index in [0.717, 1.165) is 69.5 Å². The van der Waals surface area contributed by atoms with Crippen LogP contribution in [0.1, 0.15) is 29.8 Å². The normalized spacial score (nSPS) is 17.7. The van der Waals surface area contributed by atoms with Gasteiger partial charge in [0, 0.05) is 45.0 Å². The van der Waals surface area contributed by atoms with Crippen LogP contribution < -0.4 is 15.5 Å². The molecule has 30 heavy (non-hydrogen) atoms. The van der Waals surface area contributed by atoms with Gasteiger partial charge in [-0.3, -0.25) is 9.69 Å². The molecule has 0 aliphatic carbocycles. The summed E-state index contributed by atoms with van der Waals surface area (Å²) in [6, 6.07) is 9.55. The molecule has 4 rings (SSSR count). The van der Waals surface area contributed by atoms with Crippen molar-refractivity contribution in [1.29, 1.82) is 0 Å². The summed E-state index contributed by atoms with van der Waals surface area (Å²) in [6.07, 6.45) is 3.61. The maximum Gasteiger partial charge on any atom is 0.291 e. The molecule has 2 aliphatic heterocycles. The molecular weight excluding hydrogens is 448 g/mol. The lowest BCUT2D eigenvalue weighted by Gasteiger charge is -2.31. The van der Waals surface area contributed by atoms with Gasteiger partial charge in [-0.25, -0.2) is 0 Å². The summed E-state index contributed by atoms with van der Waals surface area (Å²) in [5.74, 6) is 0.0474. The van der Waals surface area contributed by atoms with E-state index in [1.807, 2.05) is 12.1 Å². The van der Waals surface area contributed by atoms with Crippen LogP contribution >= 0.6 is 15.9 Å². The Kier molecular flexibility index (Phi) is 7.30. The molecular formula is C22H29BrN4O3. The molecule has 0 unspecified atom stereocenters. The number of nitrogens with zero attached hydrogens (tertiary/aromatic N) is 2. The van der Waals surface area contributed by atoms with Crippen LogP contribution in [0.4, 0.5) is 17.1 Å². The van der Waals surface area contributed by atoms with Crippen LogP contribution in [-0.2, 0) is 4.74 Å². The molecule has 1 amide bonds. The minimum atomic E-state index is -0.244. The Morgan fingerprint density at radius 1 is 1.03 bits per heavy atom. The van der Waals surface area contributed by atoms with E-state index in [1.165, 1.54) is 19.3 Å². The quantitative estimate of drug-likeness (QED) is 0.628. The second kappa shape index (κ2) is 10.3. The Bertz CT molecular complexity index is 845. The summed E-state index contributed by atoms with van der Waals surface area (Å²) in [4.78, 5) is 17.4. The highest BCUT2D eigenvalue weighted by Crippen LogP contribution is 2.32. The summed E-state index contributed by atoms with van der Waals surface area (Å²) in [7, 11) is 0. The van der Waals surface area contributed by atoms with Gasteiger partial charge < -0.3 is 24.7 Å². The Morgan fingerprint density at radius 3 is 2.57 bits per heavy atom. The number of amides is 1. The highest BCUT2D eigenvalue weighted by molar-refractivity contribution is 9.10. The second-order valence-corrected chi connectivity index (χ2v) is 8.50. The molecule has 2 N–H and O–H groups in total. The number of carbonyl (C=O) groups is 1. The molecule has 2 saturated heterocycles. The van der Waals surface area contributed by atoms with E-state index in [0.29, 0.717) is 10.4 Å². The predicted molar refractivity (Wildman–Crippen MR) is 123 cm³/mol. The summed E-state index contributed by atoms with van der Waals surface area (Å²) in [6.45, 7) is 7.52. The van der Waals surface area contributed by atoms with Crippen molar-refractivity contribution in [3.05, 3.63) is 40.8 Å². The van der Waals surface area contributed by atoms with E-state index in [9.17, 15) is 4.79 Å². The monoisotopic (exact) mass is 476 g/mol. The van der Waals surface area contributed by atoms with Gasteiger partial charge in [0.15, 0.2) is 10.4 Å². The number of anilines is 3. The molecule has 0 bridgehead atoms. The zero-order valence-corrected chi connectivity index (χ0v) is 18.7. The summed E-state index contributed by atoms with van der Waals surface area (Å²) in [5.41, 5.74) is 2.95. The molecule has 3 heterocycles. The molecule has 8 heteroatoms. The minimum Gasteiger partial charge on any atom is -0.444 e. The highest BCUT2D eigenvalue weighted by Gasteiger charge is 2.19. The van der Waals surface area contributed by atoms with Crippen molar-refractivity contribution in [1.82, 2.24) is 4.90 Å². The molecule has 2 fully saturated rings. The van der Waals surface area contributed by atoms with Crippen LogP contribution in [0, 0.1) is 0 Å². The van der Waals surface area contributed by atoms with Gasteiger partial charge >= 0.3 is 0 Å². The first-order valence-corrected chi connectivity index (χ1v) is 11.5. The standard InChI is InChI=1S/C22H29BrN4O3/c23-21-7-6-20(30-21)22(28)25-18-5-4-17(16-19(18)27-9-2-1-3-10-27)24-8-11-26-12-14-29-15-13-26/h4-7,16,24H,1-3,8-15H2,(H,25,28). The van der Waals surface area contributed by atoms with E-state index >= 15 is 0 Å². The van der Waals surface area contributed by atoms with Crippen LogP contribution in [0.3, 0.4) is 0 Å². The largest absolute Gasteiger partial charge is 0.444 e. The van der Waals surface area contributed by atoms with Gasteiger partial charge in [0.05, 0.1) is 24.6 Å². The molecule has 7 nitrogen and oxygen atoms in total. The summed E-state index contributed by atoms with van der Waals surface area (Å²) < 4.78 is 11.4. The van der Waals surface area contributed by atoms with Crippen LogP contribution in [0.5, 0.6) is 0 Å². The topological polar surface area (TPSA) is 70.0 Å². The third-order valence-corrected chi connectivity index (χ3v) is 6.03. The number of nitrogens with one attached hydrogen (secondary N) is 2. The smallest absolute Gasteiger partial charge is 0.291 e. The van der Waals surface area contributed by atoms with E-state index in [-0.39, 0.29) is 5.91 Å². The number of rotatable bonds is 7. The van der Waals surface area contributed by atoms with E-state index in [2.05, 4.69) is 42.4 Å². The predicted octanol–water partition coefficient (Wildman–Crippen LogP) is 4.03. The molecule has 0 saturated carbocycles. The number of hydrogen-bond acceptors (Lipinski definition) is 6. The molecule has 2 aliphatic rings. The van der Waals surface area contributed by atoms with Gasteiger partial charge in [0.25, 0.3) is 5.91 Å². The summed E-state index contributed by atoms with van der Waals surface area (Å²) in [5, 5.41) is 6.57. The first-order valence-electron chi connectivity index (χ1n) is 10.7. The van der Waals surface area contributed by atoms with E-state index in [4.69, 9.17) is 9.15 Å². The van der Waals surface area contributed by atoms with Crippen LogP contribution in [0.25, 0.3) is 0 Å². The van der Waals surface area contributed by atoms with Gasteiger partial charge in [0.2, 0.25) is 0 Å². The first kappa shape index (κ1) is 21.2. The van der Waals surface area contributed by atoms with Gasteiger partial charge in [0.1, 0.15) is 0 Å². The van der Waals surface area contributed by atoms with Gasteiger partial charge in [-0.1, -0.05) is 0 Å². The fraction of sp³-hybridized carbons (Fsp3) is 0.500. The molecule has 0 radical (unpaired) electrons. The average Bonchev–Trinajstić information content (AvgIpc) is 3.22. The molecule has 0 atom stereocenters. The number of halogens is 1. The Balaban J connectivity index is 1.45. The molecule has 0 spiro atoms. The van der Waals surface area contributed by atoms with Crippen molar-refractivity contribution in [2.45, 2.75) is 19.3 Å². The van der Waals surface area contributed by atoms with Gasteiger partial charge in [-0.05, 0) is 65.5 Å². The number of piperidine rings is 1. The fourth-order valence-electron chi connectivity index (χ4n) is 3.95. The van der Waals surface area contributed by atoms with Gasteiger partial charge in [-0.15, -0.1) is 0 Å². The lowest BCUT2D eigenvalue weighted by atomic mass is 10.1. The Morgan fingerprint density at radius 2 is 1.83 bits per heavy atom. The third-order valence-electron chi connectivity index (χ3n) is 5.60. The molecule has 162 valence electrons. The second-order valence-electron chi connectivity index (χ2n) is 7.72. The lowest BCUT2D eigenvalue weighted by molar-refractivity contribution is 0.0398. The number of benzene rings is 1. The van der Waals surface area contributed by atoms with E-state index < -0.39 is 0 Å². The average molecular weight is 477 g/mol. The van der Waals surface area contributed by atoms with Crippen molar-refractivity contribution in [3.8, 4) is 0 Å². The number of carbonyl (C=O) groups excluding carboxylic acids is 1. The Hall–Kier alpha value is -2.03. The van der Waals surface area contributed by atoms with Crippen molar-refractivity contribution in [3.63, 3.8) is 0 Å². The van der Waals surface area contributed by atoms with Crippen LogP contribution in [0.15, 0.2) is 39.4 Å². The van der Waals surface area contributed by atoms with Crippen molar-refractivity contribution < 1.29 is 13.9 Å². The number of morpholine rings is 1. The van der Waals surface area contributed by atoms with E-state index in [1.54, 1.807) is 12.1 Å². The zero-order valence-electron chi connectivity index (χ0n) is 17.2. The van der Waals surface area contributed by atoms with Crippen molar-refractivity contribution in [2.24, 2.45) is 0 Å². The van der Waals surface area contributed by atoms with Gasteiger partial charge in [-0.2, -0.15) is 0 Å². The number of ether oxygens (including phenoxy) is 1. The maximum absolute atomic E-state index is 12.6. The Labute approximate surface area is 185 Å². The maximum atomic E-state index is 12.6. The third kappa shape index (κ3) is 5.56. The highest BCUT2D eigenvalue weighted by atomic mass is 79.9. The fourth-order valence-corrected chi connectivity index (χ4v) is 4.25. The number of furan rings is 1. The van der Waals surface area contributed by atoms with Crippen molar-refractivity contribution >= 4 is 38.9 Å². The lowest BCUT2D eigenvalue weighted by Crippen LogP contribution is -2.39. The molecule has 1 aromatic heterocycles. The SMILES string of the molecule is O=C(Nc1ccc(NCCN2CCOCC2)cc1N1CCCCC1)c1ccc(Br)o1. The summed E-state index contributed by atoms with van der Waals surface area (Å²) >= 11 is 3.25. The number of hydrogen-bond donors (Lipinski definition) is 2. The zero-order chi connectivity index (χ0) is 20.8. The first-order chi connectivity index (χ1) is 14.7. The van der Waals surface area contributed by atoms with Crippen molar-refractivity contribution in [2.75, 3.05) is 68.0 Å².